The smallest absolute Gasteiger partial charge is 0.433 e. The Hall–Kier alpha value is -3.23. The van der Waals surface area contributed by atoms with Crippen LogP contribution in [0.1, 0.15) is 22.4 Å². The molecule has 0 radical (unpaired) electrons. The van der Waals surface area contributed by atoms with Crippen molar-refractivity contribution in [2.24, 2.45) is 0 Å². The predicted molar refractivity (Wildman–Crippen MR) is 102 cm³/mol. The molecule has 2 aromatic carbocycles. The molecule has 0 aliphatic carbocycles. The van der Waals surface area contributed by atoms with Gasteiger partial charge in [-0.1, -0.05) is 12.1 Å². The summed E-state index contributed by atoms with van der Waals surface area (Å²) in [7, 11) is 0. The summed E-state index contributed by atoms with van der Waals surface area (Å²) >= 11 is 0. The molecule has 0 bridgehead atoms. The number of alkyl halides is 6. The van der Waals surface area contributed by atoms with Crippen LogP contribution in [0.5, 0.6) is 11.5 Å². The molecule has 0 spiro atoms. The fraction of sp³-hybridized carbons (Fsp3) is 0.227. The summed E-state index contributed by atoms with van der Waals surface area (Å²) in [5.41, 5.74) is 0.461. The molecule has 0 saturated carbocycles. The Morgan fingerprint density at radius 1 is 0.871 bits per heavy atom. The van der Waals surface area contributed by atoms with E-state index in [-0.39, 0.29) is 5.75 Å². The largest absolute Gasteiger partial charge is 0.457 e. The van der Waals surface area contributed by atoms with Crippen LogP contribution in [-0.4, -0.2) is 11.5 Å². The minimum Gasteiger partial charge on any atom is -0.457 e. The minimum absolute atomic E-state index is 0.271. The van der Waals surface area contributed by atoms with Crippen molar-refractivity contribution >= 4 is 5.69 Å². The SMILES string of the molecule is FC(F)(F)c1ccc(Oc2cccc3c2CCN(c2ccnc(C(F)(F)F)c2)C3)cc1. The van der Waals surface area contributed by atoms with E-state index in [4.69, 9.17) is 4.74 Å². The van der Waals surface area contributed by atoms with Gasteiger partial charge in [-0.05, 0) is 54.4 Å². The van der Waals surface area contributed by atoms with E-state index in [0.717, 1.165) is 35.5 Å². The monoisotopic (exact) mass is 438 g/mol. The molecule has 162 valence electrons. The Balaban J connectivity index is 1.54. The number of hydrogen-bond acceptors (Lipinski definition) is 3. The van der Waals surface area contributed by atoms with Gasteiger partial charge in [0.05, 0.1) is 5.56 Å². The Bertz CT molecular complexity index is 1080. The Labute approximate surface area is 173 Å². The number of aromatic nitrogens is 1. The number of fused-ring (bicyclic) bond motifs is 1. The van der Waals surface area contributed by atoms with Gasteiger partial charge in [0.2, 0.25) is 0 Å². The van der Waals surface area contributed by atoms with Crippen molar-refractivity contribution in [3.8, 4) is 11.5 Å². The fourth-order valence-corrected chi connectivity index (χ4v) is 3.50. The molecule has 0 fully saturated rings. The van der Waals surface area contributed by atoms with Crippen molar-refractivity contribution in [1.82, 2.24) is 4.98 Å². The number of benzene rings is 2. The quantitative estimate of drug-likeness (QED) is 0.438. The molecule has 0 unspecified atom stereocenters. The molecule has 2 heterocycles. The number of halogens is 6. The van der Waals surface area contributed by atoms with Crippen molar-refractivity contribution in [3.05, 3.63) is 83.2 Å². The lowest BCUT2D eigenvalue weighted by atomic mass is 9.98. The molecule has 3 nitrogen and oxygen atoms in total. The predicted octanol–water partition coefficient (Wildman–Crippen LogP) is 6.47. The topological polar surface area (TPSA) is 25.4 Å². The summed E-state index contributed by atoms with van der Waals surface area (Å²) in [5, 5.41) is 0. The summed E-state index contributed by atoms with van der Waals surface area (Å²) in [6, 6.07) is 12.3. The molecule has 0 N–H and O–H groups in total. The lowest BCUT2D eigenvalue weighted by molar-refractivity contribution is -0.141. The van der Waals surface area contributed by atoms with Crippen LogP contribution in [0.2, 0.25) is 0 Å². The first-order chi connectivity index (χ1) is 14.6. The first-order valence-corrected chi connectivity index (χ1v) is 9.35. The highest BCUT2D eigenvalue weighted by atomic mass is 19.4. The second-order valence-corrected chi connectivity index (χ2v) is 7.09. The zero-order valence-electron chi connectivity index (χ0n) is 16.0. The van der Waals surface area contributed by atoms with Gasteiger partial charge in [-0.15, -0.1) is 0 Å². The Morgan fingerprint density at radius 3 is 2.29 bits per heavy atom. The summed E-state index contributed by atoms with van der Waals surface area (Å²) in [5.74, 6) is 0.787. The van der Waals surface area contributed by atoms with Gasteiger partial charge < -0.3 is 9.64 Å². The van der Waals surface area contributed by atoms with Gasteiger partial charge in [0.15, 0.2) is 0 Å². The van der Waals surface area contributed by atoms with Crippen molar-refractivity contribution < 1.29 is 31.1 Å². The van der Waals surface area contributed by atoms with Gasteiger partial charge in [-0.3, -0.25) is 4.98 Å². The van der Waals surface area contributed by atoms with Gasteiger partial charge in [0.25, 0.3) is 0 Å². The zero-order valence-corrected chi connectivity index (χ0v) is 16.0. The molecule has 31 heavy (non-hydrogen) atoms. The number of rotatable bonds is 3. The third-order valence-corrected chi connectivity index (χ3v) is 5.03. The zero-order chi connectivity index (χ0) is 22.2. The van der Waals surface area contributed by atoms with Crippen LogP contribution in [0.4, 0.5) is 32.0 Å². The summed E-state index contributed by atoms with van der Waals surface area (Å²) in [6.45, 7) is 0.836. The van der Waals surface area contributed by atoms with E-state index in [1.54, 1.807) is 12.1 Å². The van der Waals surface area contributed by atoms with Crippen LogP contribution in [0.25, 0.3) is 0 Å². The lowest BCUT2D eigenvalue weighted by Gasteiger charge is -2.31. The van der Waals surface area contributed by atoms with Crippen molar-refractivity contribution in [3.63, 3.8) is 0 Å². The number of hydrogen-bond donors (Lipinski definition) is 0. The van der Waals surface area contributed by atoms with Crippen LogP contribution in [-0.2, 0) is 25.3 Å². The maximum atomic E-state index is 13.0. The van der Waals surface area contributed by atoms with Crippen molar-refractivity contribution in [2.75, 3.05) is 11.4 Å². The maximum Gasteiger partial charge on any atom is 0.433 e. The first-order valence-electron chi connectivity index (χ1n) is 9.35. The highest BCUT2D eigenvalue weighted by molar-refractivity contribution is 5.53. The molecule has 4 rings (SSSR count). The van der Waals surface area contributed by atoms with E-state index in [2.05, 4.69) is 4.98 Å². The van der Waals surface area contributed by atoms with Gasteiger partial charge in [-0.25, -0.2) is 0 Å². The van der Waals surface area contributed by atoms with E-state index in [0.29, 0.717) is 30.9 Å². The molecule has 9 heteroatoms. The average molecular weight is 438 g/mol. The van der Waals surface area contributed by atoms with E-state index in [1.165, 1.54) is 18.2 Å². The molecule has 3 aromatic rings. The molecule has 0 atom stereocenters. The van der Waals surface area contributed by atoms with Gasteiger partial charge in [0, 0.05) is 30.5 Å². The highest BCUT2D eigenvalue weighted by Crippen LogP contribution is 2.36. The molecule has 1 aliphatic rings. The third-order valence-electron chi connectivity index (χ3n) is 5.03. The number of ether oxygens (including phenoxy) is 1. The molecular formula is C22H16F6N2O. The summed E-state index contributed by atoms with van der Waals surface area (Å²) < 4.78 is 82.9. The van der Waals surface area contributed by atoms with E-state index in [1.807, 2.05) is 11.0 Å². The van der Waals surface area contributed by atoms with E-state index in [9.17, 15) is 26.3 Å². The lowest BCUT2D eigenvalue weighted by Crippen LogP contribution is -2.30. The highest BCUT2D eigenvalue weighted by Gasteiger charge is 2.33. The molecule has 1 aromatic heterocycles. The first kappa shape index (κ1) is 21.0. The maximum absolute atomic E-state index is 13.0. The van der Waals surface area contributed by atoms with Gasteiger partial charge >= 0.3 is 12.4 Å². The van der Waals surface area contributed by atoms with Crippen LogP contribution in [0, 0.1) is 0 Å². The normalized spacial score (nSPS) is 14.3. The fourth-order valence-electron chi connectivity index (χ4n) is 3.50. The average Bonchev–Trinajstić information content (AvgIpc) is 2.73. The molecular weight excluding hydrogens is 422 g/mol. The van der Waals surface area contributed by atoms with E-state index >= 15 is 0 Å². The van der Waals surface area contributed by atoms with Gasteiger partial charge in [0.1, 0.15) is 17.2 Å². The third kappa shape index (κ3) is 4.60. The summed E-state index contributed by atoms with van der Waals surface area (Å²) in [4.78, 5) is 5.21. The summed E-state index contributed by atoms with van der Waals surface area (Å²) in [6.07, 6.45) is -7.30. The Kier molecular flexibility index (Phi) is 5.28. The number of pyridine rings is 1. The second kappa shape index (κ2) is 7.79. The van der Waals surface area contributed by atoms with E-state index < -0.39 is 23.6 Å². The number of nitrogens with zero attached hydrogens (tertiary/aromatic N) is 2. The second-order valence-electron chi connectivity index (χ2n) is 7.09. The standard InChI is InChI=1S/C22H16F6N2O/c23-21(24,25)15-4-6-17(7-5-15)31-19-3-1-2-14-13-30(11-9-18(14)19)16-8-10-29-20(12-16)22(26,27)28/h1-8,10,12H,9,11,13H2. The van der Waals surface area contributed by atoms with Crippen LogP contribution < -0.4 is 9.64 Å². The minimum atomic E-state index is -4.52. The van der Waals surface area contributed by atoms with Crippen molar-refractivity contribution in [1.29, 1.82) is 0 Å². The van der Waals surface area contributed by atoms with Crippen molar-refractivity contribution in [2.45, 2.75) is 25.3 Å². The van der Waals surface area contributed by atoms with Crippen LogP contribution in [0.3, 0.4) is 0 Å². The van der Waals surface area contributed by atoms with Gasteiger partial charge in [-0.2, -0.15) is 26.3 Å². The molecule has 0 amide bonds. The van der Waals surface area contributed by atoms with Crippen LogP contribution >= 0.6 is 0 Å². The Morgan fingerprint density at radius 2 is 1.61 bits per heavy atom. The number of anilines is 1. The molecule has 1 aliphatic heterocycles. The van der Waals surface area contributed by atoms with Crippen LogP contribution in [0.15, 0.2) is 60.8 Å². The molecule has 0 saturated heterocycles.